The molecule has 1 saturated heterocycles. The first-order valence-corrected chi connectivity index (χ1v) is 12.9. The van der Waals surface area contributed by atoms with Crippen LogP contribution in [0.15, 0.2) is 54.6 Å². The van der Waals surface area contributed by atoms with Crippen molar-refractivity contribution in [3.05, 3.63) is 71.4 Å². The molecule has 1 N–H and O–H groups in total. The maximum atomic E-state index is 13.8. The first-order valence-electron chi connectivity index (χ1n) is 12.9. The van der Waals surface area contributed by atoms with Gasteiger partial charge in [0.15, 0.2) is 6.61 Å². The summed E-state index contributed by atoms with van der Waals surface area (Å²) in [5, 5.41) is 2.52. The molecule has 0 radical (unpaired) electrons. The van der Waals surface area contributed by atoms with E-state index in [0.717, 1.165) is 55.6 Å². The number of ether oxygens (including phenoxy) is 2. The Hall–Kier alpha value is -3.63. The molecule has 1 aliphatic rings. The third-order valence-corrected chi connectivity index (χ3v) is 6.81. The number of methoxy groups -OCH3 is 1. The first-order chi connectivity index (χ1) is 18.7. The highest BCUT2D eigenvalue weighted by atomic mass is 19.4. The van der Waals surface area contributed by atoms with Gasteiger partial charge in [-0.15, -0.1) is 0 Å². The molecular formula is C29H33F3N4O3. The summed E-state index contributed by atoms with van der Waals surface area (Å²) in [7, 11) is 1.56. The van der Waals surface area contributed by atoms with Crippen molar-refractivity contribution in [1.29, 1.82) is 0 Å². The fraction of sp³-hybridized carbons (Fsp3) is 0.379. The lowest BCUT2D eigenvalue weighted by atomic mass is 10.0. The molecule has 4 rings (SSSR count). The van der Waals surface area contributed by atoms with Crippen LogP contribution in [0.1, 0.15) is 23.7 Å². The number of alkyl halides is 3. The van der Waals surface area contributed by atoms with Crippen molar-refractivity contribution in [2.24, 2.45) is 0 Å². The van der Waals surface area contributed by atoms with Crippen molar-refractivity contribution in [1.82, 2.24) is 14.8 Å². The summed E-state index contributed by atoms with van der Waals surface area (Å²) in [4.78, 5) is 21.1. The highest BCUT2D eigenvalue weighted by Crippen LogP contribution is 2.34. The molecule has 1 fully saturated rings. The van der Waals surface area contributed by atoms with Crippen molar-refractivity contribution in [3.8, 4) is 22.8 Å². The van der Waals surface area contributed by atoms with Crippen LogP contribution in [0.3, 0.4) is 0 Å². The van der Waals surface area contributed by atoms with Gasteiger partial charge >= 0.3 is 6.18 Å². The van der Waals surface area contributed by atoms with Gasteiger partial charge in [0, 0.05) is 55.7 Å². The van der Waals surface area contributed by atoms with E-state index in [4.69, 9.17) is 9.47 Å². The van der Waals surface area contributed by atoms with Gasteiger partial charge < -0.3 is 19.7 Å². The SMILES string of the molecule is CCN1CCN(Cc2ccc(NC(=O)COc3ccc(-c4ccc(OC)nc4C)cc3)cc2C(F)(F)F)CC1. The van der Waals surface area contributed by atoms with Gasteiger partial charge in [0.25, 0.3) is 5.91 Å². The van der Waals surface area contributed by atoms with E-state index in [9.17, 15) is 18.0 Å². The minimum absolute atomic E-state index is 0.0771. The smallest absolute Gasteiger partial charge is 0.416 e. The maximum absolute atomic E-state index is 13.8. The predicted molar refractivity (Wildman–Crippen MR) is 144 cm³/mol. The monoisotopic (exact) mass is 542 g/mol. The van der Waals surface area contributed by atoms with Gasteiger partial charge in [0.05, 0.1) is 12.7 Å². The lowest BCUT2D eigenvalue weighted by Gasteiger charge is -2.34. The normalized spacial score (nSPS) is 14.7. The molecule has 1 amide bonds. The number of benzene rings is 2. The van der Waals surface area contributed by atoms with Crippen LogP contribution in [-0.2, 0) is 17.5 Å². The molecule has 2 heterocycles. The largest absolute Gasteiger partial charge is 0.484 e. The number of anilines is 1. The van der Waals surface area contributed by atoms with E-state index in [0.29, 0.717) is 11.6 Å². The molecular weight excluding hydrogens is 509 g/mol. The van der Waals surface area contributed by atoms with Gasteiger partial charge in [-0.05, 0) is 54.9 Å². The summed E-state index contributed by atoms with van der Waals surface area (Å²) in [6.45, 7) is 7.90. The fourth-order valence-electron chi connectivity index (χ4n) is 4.59. The van der Waals surface area contributed by atoms with Gasteiger partial charge in [-0.2, -0.15) is 13.2 Å². The summed E-state index contributed by atoms with van der Waals surface area (Å²) >= 11 is 0. The Bertz CT molecular complexity index is 1270. The lowest BCUT2D eigenvalue weighted by molar-refractivity contribution is -0.138. The Kier molecular flexibility index (Phi) is 9.08. The summed E-state index contributed by atoms with van der Waals surface area (Å²) in [6.07, 6.45) is -4.53. The Balaban J connectivity index is 1.35. The van der Waals surface area contributed by atoms with Gasteiger partial charge in [-0.3, -0.25) is 9.69 Å². The number of halogens is 3. The van der Waals surface area contributed by atoms with Gasteiger partial charge in [0.1, 0.15) is 5.75 Å². The molecule has 0 bridgehead atoms. The molecule has 0 aliphatic carbocycles. The second-order valence-electron chi connectivity index (χ2n) is 9.43. The Labute approximate surface area is 226 Å². The minimum atomic E-state index is -4.53. The molecule has 3 aromatic rings. The van der Waals surface area contributed by atoms with Crippen molar-refractivity contribution in [2.75, 3.05) is 51.8 Å². The first kappa shape index (κ1) is 28.4. The third-order valence-electron chi connectivity index (χ3n) is 6.81. The van der Waals surface area contributed by atoms with Crippen molar-refractivity contribution in [2.45, 2.75) is 26.6 Å². The predicted octanol–water partition coefficient (Wildman–Crippen LogP) is 5.24. The number of nitrogens with zero attached hydrogens (tertiary/aromatic N) is 3. The van der Waals surface area contributed by atoms with Crippen LogP contribution in [0.2, 0.25) is 0 Å². The van der Waals surface area contributed by atoms with E-state index < -0.39 is 17.6 Å². The van der Waals surface area contributed by atoms with E-state index >= 15 is 0 Å². The van der Waals surface area contributed by atoms with E-state index in [1.807, 2.05) is 30.0 Å². The number of carbonyl (C=O) groups excluding carboxylic acids is 1. The highest BCUT2D eigenvalue weighted by Gasteiger charge is 2.34. The Morgan fingerprint density at radius 1 is 1.00 bits per heavy atom. The summed E-state index contributed by atoms with van der Waals surface area (Å²) in [6, 6.07) is 14.8. The molecule has 7 nitrogen and oxygen atoms in total. The zero-order chi connectivity index (χ0) is 28.0. The zero-order valence-electron chi connectivity index (χ0n) is 22.3. The molecule has 39 heavy (non-hydrogen) atoms. The molecule has 0 atom stereocenters. The van der Waals surface area contributed by atoms with Crippen LogP contribution in [0.5, 0.6) is 11.6 Å². The number of hydrogen-bond donors (Lipinski definition) is 1. The molecule has 2 aromatic carbocycles. The van der Waals surface area contributed by atoms with Crippen molar-refractivity contribution < 1.29 is 27.4 Å². The lowest BCUT2D eigenvalue weighted by Crippen LogP contribution is -2.45. The number of rotatable bonds is 9. The Morgan fingerprint density at radius 2 is 1.69 bits per heavy atom. The quantitative estimate of drug-likeness (QED) is 0.399. The number of aryl methyl sites for hydroxylation is 1. The molecule has 208 valence electrons. The van der Waals surface area contributed by atoms with Gasteiger partial charge in [-0.1, -0.05) is 25.1 Å². The zero-order valence-corrected chi connectivity index (χ0v) is 22.3. The molecule has 1 aliphatic heterocycles. The number of pyridine rings is 1. The molecule has 1 aromatic heterocycles. The molecule has 10 heteroatoms. The summed E-state index contributed by atoms with van der Waals surface area (Å²) in [5.74, 6) is 0.443. The summed E-state index contributed by atoms with van der Waals surface area (Å²) in [5.41, 5.74) is 2.21. The third kappa shape index (κ3) is 7.48. The number of amides is 1. The van der Waals surface area contributed by atoms with E-state index in [1.54, 1.807) is 25.3 Å². The number of piperazine rings is 1. The van der Waals surface area contributed by atoms with Crippen LogP contribution in [0, 0.1) is 6.92 Å². The number of likely N-dealkylation sites (N-methyl/N-ethyl adjacent to an activating group) is 1. The number of aromatic nitrogens is 1. The molecule has 0 saturated carbocycles. The fourth-order valence-corrected chi connectivity index (χ4v) is 4.59. The summed E-state index contributed by atoms with van der Waals surface area (Å²) < 4.78 is 52.2. The van der Waals surface area contributed by atoms with Crippen molar-refractivity contribution >= 4 is 11.6 Å². The van der Waals surface area contributed by atoms with Crippen LogP contribution >= 0.6 is 0 Å². The second kappa shape index (κ2) is 12.5. The topological polar surface area (TPSA) is 66.9 Å². The number of carbonyl (C=O) groups is 1. The standard InChI is InChI=1S/C29H33F3N4O3/c1-4-35-13-15-36(16-14-35)18-22-5-8-23(17-26(22)29(30,31)32)34-27(37)19-39-24-9-6-21(7-10-24)25-11-12-28(38-3)33-20(25)2/h5-12,17H,4,13-16,18-19H2,1-3H3,(H,34,37). The van der Waals surface area contributed by atoms with Gasteiger partial charge in [0.2, 0.25) is 5.88 Å². The average Bonchev–Trinajstić information content (AvgIpc) is 2.93. The van der Waals surface area contributed by atoms with Crippen molar-refractivity contribution in [3.63, 3.8) is 0 Å². The second-order valence-corrected chi connectivity index (χ2v) is 9.43. The number of nitrogens with one attached hydrogen (secondary N) is 1. The van der Waals surface area contributed by atoms with Gasteiger partial charge in [-0.25, -0.2) is 4.98 Å². The van der Waals surface area contributed by atoms with E-state index in [1.165, 1.54) is 12.1 Å². The van der Waals surface area contributed by atoms with Crippen LogP contribution in [0.4, 0.5) is 18.9 Å². The minimum Gasteiger partial charge on any atom is -0.484 e. The highest BCUT2D eigenvalue weighted by molar-refractivity contribution is 5.92. The van der Waals surface area contributed by atoms with E-state index in [-0.39, 0.29) is 24.4 Å². The van der Waals surface area contributed by atoms with Crippen LogP contribution in [-0.4, -0.2) is 67.1 Å². The Morgan fingerprint density at radius 3 is 2.31 bits per heavy atom. The molecule has 0 unspecified atom stereocenters. The maximum Gasteiger partial charge on any atom is 0.416 e. The van der Waals surface area contributed by atoms with Crippen LogP contribution < -0.4 is 14.8 Å². The number of hydrogen-bond acceptors (Lipinski definition) is 6. The molecule has 0 spiro atoms. The van der Waals surface area contributed by atoms with E-state index in [2.05, 4.69) is 22.1 Å². The average molecular weight is 543 g/mol. The van der Waals surface area contributed by atoms with Crippen LogP contribution in [0.25, 0.3) is 11.1 Å².